The van der Waals surface area contributed by atoms with E-state index in [1.165, 1.54) is 11.3 Å². The van der Waals surface area contributed by atoms with Crippen LogP contribution < -0.4 is 5.43 Å². The van der Waals surface area contributed by atoms with Crippen molar-refractivity contribution in [2.24, 2.45) is 0 Å². The van der Waals surface area contributed by atoms with Gasteiger partial charge in [-0.3, -0.25) is 4.79 Å². The zero-order valence-corrected chi connectivity index (χ0v) is 11.7. The van der Waals surface area contributed by atoms with Gasteiger partial charge in [-0.25, -0.2) is 4.98 Å². The average molecular weight is 292 g/mol. The number of hydrogen-bond donors (Lipinski definition) is 0. The molecule has 3 nitrogen and oxygen atoms in total. The number of aryl methyl sites for hydroxylation is 1. The molecule has 0 bridgehead atoms. The van der Waals surface area contributed by atoms with Crippen LogP contribution in [0.4, 0.5) is 0 Å². The van der Waals surface area contributed by atoms with E-state index in [1.807, 2.05) is 24.4 Å². The molecule has 0 aliphatic rings. The number of rotatable bonds is 2. The molecule has 0 N–H and O–H groups in total. The Bertz CT molecular complexity index is 807. The summed E-state index contributed by atoms with van der Waals surface area (Å²) < 4.78 is 5.72. The van der Waals surface area contributed by atoms with Crippen molar-refractivity contribution in [3.63, 3.8) is 0 Å². The molecule has 0 aliphatic carbocycles. The maximum Gasteiger partial charge on any atom is 0.203 e. The fraction of sp³-hybridized carbons (Fsp3) is 0.143. The van der Waals surface area contributed by atoms with Gasteiger partial charge in [0.15, 0.2) is 0 Å². The second kappa shape index (κ2) is 4.79. The van der Waals surface area contributed by atoms with Gasteiger partial charge in [0.25, 0.3) is 0 Å². The van der Waals surface area contributed by atoms with Gasteiger partial charge < -0.3 is 4.42 Å². The van der Waals surface area contributed by atoms with Crippen LogP contribution in [0.15, 0.2) is 38.9 Å². The summed E-state index contributed by atoms with van der Waals surface area (Å²) in [4.78, 5) is 16.9. The van der Waals surface area contributed by atoms with E-state index in [1.54, 1.807) is 12.1 Å². The number of thiazole rings is 1. The lowest BCUT2D eigenvalue weighted by molar-refractivity contribution is 0.561. The lowest BCUT2D eigenvalue weighted by Gasteiger charge is -2.05. The molecule has 0 radical (unpaired) electrons. The lowest BCUT2D eigenvalue weighted by Crippen LogP contribution is -2.08. The third-order valence-corrected chi connectivity index (χ3v) is 4.05. The summed E-state index contributed by atoms with van der Waals surface area (Å²) in [5.74, 6) is 0.619. The number of benzene rings is 1. The Labute approximate surface area is 118 Å². The summed E-state index contributed by atoms with van der Waals surface area (Å²) >= 11 is 7.33. The van der Waals surface area contributed by atoms with Gasteiger partial charge in [0.05, 0.1) is 16.8 Å². The molecule has 2 aromatic heterocycles. The highest BCUT2D eigenvalue weighted by Crippen LogP contribution is 2.28. The summed E-state index contributed by atoms with van der Waals surface area (Å²) in [6.07, 6.45) is 0. The van der Waals surface area contributed by atoms with E-state index in [0.29, 0.717) is 27.3 Å². The quantitative estimate of drug-likeness (QED) is 0.671. The van der Waals surface area contributed by atoms with Crippen LogP contribution in [-0.2, 0) is 5.88 Å². The van der Waals surface area contributed by atoms with Gasteiger partial charge in [0.1, 0.15) is 16.4 Å². The monoisotopic (exact) mass is 291 g/mol. The Balaban J connectivity index is 2.40. The van der Waals surface area contributed by atoms with E-state index in [0.717, 1.165) is 5.69 Å². The number of nitrogens with zero attached hydrogens (tertiary/aromatic N) is 1. The zero-order valence-electron chi connectivity index (χ0n) is 10.1. The summed E-state index contributed by atoms with van der Waals surface area (Å²) in [5, 5.41) is 3.12. The standard InChI is InChI=1S/C14H10ClNO2S/c1-8-7-19-14(16-8)12-11(6-15)18-10-5-3-2-4-9(10)13(12)17/h2-5,7H,6H2,1H3. The van der Waals surface area contributed by atoms with Crippen LogP contribution in [0.1, 0.15) is 11.5 Å². The van der Waals surface area contributed by atoms with E-state index in [-0.39, 0.29) is 11.3 Å². The fourth-order valence-electron chi connectivity index (χ4n) is 1.97. The molecule has 3 aromatic rings. The molecule has 0 saturated heterocycles. The Morgan fingerprint density at radius 1 is 1.37 bits per heavy atom. The van der Waals surface area contributed by atoms with Crippen LogP contribution in [0.25, 0.3) is 21.5 Å². The molecular formula is C14H10ClNO2S. The van der Waals surface area contributed by atoms with E-state index < -0.39 is 0 Å². The molecule has 0 unspecified atom stereocenters. The minimum absolute atomic E-state index is 0.0770. The van der Waals surface area contributed by atoms with E-state index >= 15 is 0 Å². The first-order valence-electron chi connectivity index (χ1n) is 5.74. The van der Waals surface area contributed by atoms with Crippen molar-refractivity contribution in [3.8, 4) is 10.6 Å². The van der Waals surface area contributed by atoms with Crippen LogP contribution >= 0.6 is 22.9 Å². The number of fused-ring (bicyclic) bond motifs is 1. The largest absolute Gasteiger partial charge is 0.459 e. The Morgan fingerprint density at radius 3 is 2.84 bits per heavy atom. The molecule has 19 heavy (non-hydrogen) atoms. The molecule has 0 spiro atoms. The molecular weight excluding hydrogens is 282 g/mol. The first-order chi connectivity index (χ1) is 9.20. The topological polar surface area (TPSA) is 43.1 Å². The molecule has 0 aliphatic heterocycles. The molecule has 2 heterocycles. The normalized spacial score (nSPS) is 11.1. The minimum Gasteiger partial charge on any atom is -0.459 e. The van der Waals surface area contributed by atoms with Gasteiger partial charge >= 0.3 is 0 Å². The van der Waals surface area contributed by atoms with Gasteiger partial charge in [0.2, 0.25) is 5.43 Å². The van der Waals surface area contributed by atoms with Crippen LogP contribution in [0.3, 0.4) is 0 Å². The van der Waals surface area contributed by atoms with Crippen LogP contribution in [0.2, 0.25) is 0 Å². The van der Waals surface area contributed by atoms with Crippen LogP contribution in [0.5, 0.6) is 0 Å². The predicted octanol–water partition coefficient (Wildman–Crippen LogP) is 3.96. The molecule has 5 heteroatoms. The van der Waals surface area contributed by atoms with Gasteiger partial charge in [-0.2, -0.15) is 0 Å². The smallest absolute Gasteiger partial charge is 0.203 e. The van der Waals surface area contributed by atoms with Crippen molar-refractivity contribution >= 4 is 33.9 Å². The van der Waals surface area contributed by atoms with Crippen molar-refractivity contribution in [2.75, 3.05) is 0 Å². The number of para-hydroxylation sites is 1. The number of alkyl halides is 1. The van der Waals surface area contributed by atoms with Crippen molar-refractivity contribution in [2.45, 2.75) is 12.8 Å². The minimum atomic E-state index is -0.0770. The molecule has 0 fully saturated rings. The molecule has 0 saturated carbocycles. The second-order valence-corrected chi connectivity index (χ2v) is 5.28. The number of aromatic nitrogens is 1. The van der Waals surface area contributed by atoms with Gasteiger partial charge in [0, 0.05) is 11.1 Å². The first-order valence-corrected chi connectivity index (χ1v) is 7.15. The van der Waals surface area contributed by atoms with Crippen molar-refractivity contribution < 1.29 is 4.42 Å². The Hall–Kier alpha value is -1.65. The van der Waals surface area contributed by atoms with Gasteiger partial charge in [-0.05, 0) is 19.1 Å². The maximum absolute atomic E-state index is 12.6. The molecule has 3 rings (SSSR count). The lowest BCUT2D eigenvalue weighted by atomic mass is 10.1. The zero-order chi connectivity index (χ0) is 13.4. The third-order valence-electron chi connectivity index (χ3n) is 2.82. The highest BCUT2D eigenvalue weighted by atomic mass is 35.5. The Kier molecular flexibility index (Phi) is 3.12. The highest BCUT2D eigenvalue weighted by molar-refractivity contribution is 7.13. The van der Waals surface area contributed by atoms with Crippen molar-refractivity contribution in [3.05, 3.63) is 51.3 Å². The molecule has 96 valence electrons. The maximum atomic E-state index is 12.6. The first kappa shape index (κ1) is 12.4. The molecule has 1 aromatic carbocycles. The molecule has 0 atom stereocenters. The van der Waals surface area contributed by atoms with Gasteiger partial charge in [-0.1, -0.05) is 12.1 Å². The summed E-state index contributed by atoms with van der Waals surface area (Å²) in [6, 6.07) is 7.17. The summed E-state index contributed by atoms with van der Waals surface area (Å²) in [6.45, 7) is 1.89. The summed E-state index contributed by atoms with van der Waals surface area (Å²) in [5.41, 5.74) is 1.84. The average Bonchev–Trinajstić information content (AvgIpc) is 2.84. The van der Waals surface area contributed by atoms with Gasteiger partial charge in [-0.15, -0.1) is 22.9 Å². The number of halogens is 1. The highest BCUT2D eigenvalue weighted by Gasteiger charge is 2.17. The molecule has 0 amide bonds. The van der Waals surface area contributed by atoms with Crippen LogP contribution in [0, 0.1) is 6.92 Å². The summed E-state index contributed by atoms with van der Waals surface area (Å²) in [7, 11) is 0. The third kappa shape index (κ3) is 2.07. The van der Waals surface area contributed by atoms with Crippen molar-refractivity contribution in [1.82, 2.24) is 4.98 Å². The van der Waals surface area contributed by atoms with E-state index in [4.69, 9.17) is 16.0 Å². The van der Waals surface area contributed by atoms with E-state index in [2.05, 4.69) is 4.98 Å². The van der Waals surface area contributed by atoms with Crippen LogP contribution in [-0.4, -0.2) is 4.98 Å². The second-order valence-electron chi connectivity index (χ2n) is 4.15. The van der Waals surface area contributed by atoms with E-state index in [9.17, 15) is 4.79 Å². The predicted molar refractivity (Wildman–Crippen MR) is 77.9 cm³/mol. The SMILES string of the molecule is Cc1csc(-c2c(CCl)oc3ccccc3c2=O)n1. The number of hydrogen-bond acceptors (Lipinski definition) is 4. The Morgan fingerprint density at radius 2 is 2.16 bits per heavy atom. The fourth-order valence-corrected chi connectivity index (χ4v) is 3.01. The van der Waals surface area contributed by atoms with Crippen molar-refractivity contribution in [1.29, 1.82) is 0 Å².